The molecule has 0 radical (unpaired) electrons. The van der Waals surface area contributed by atoms with E-state index in [4.69, 9.17) is 0 Å². The lowest BCUT2D eigenvalue weighted by Gasteiger charge is -2.21. The SMILES string of the molecule is C.CC(C)(C)C1=CC(=O)CC=C1.CC(C)(C)C1=CC(=O)CN=C1.Cn1ccc(C(C)(C)C)cc1=O. The highest BCUT2D eigenvalue weighted by Crippen LogP contribution is 2.28. The lowest BCUT2D eigenvalue weighted by atomic mass is 9.83. The molecule has 1 aliphatic carbocycles. The average molecular weight is 483 g/mol. The number of carbonyl (C=O) groups excluding carboxylic acids is 2. The Balaban J connectivity index is 0.000000489. The standard InChI is InChI=1S/C10H15NO.C10H14O.C9H13NO.CH4/c1-10(2,3)8-5-6-11(4)9(12)7-8;1-10(2,3)8-5-4-6-9(11)7-8;1-9(2,3)7-4-8(11)6-10-5-7;/h5-7H,1-4H3;4-5,7H,6H2,1-3H3;4-5H,6H2,1-3H3;1H4. The number of allylic oxidation sites excluding steroid dienone is 5. The molecule has 0 N–H and O–H groups in total. The van der Waals surface area contributed by atoms with Crippen LogP contribution in [0.1, 0.15) is 81.7 Å². The van der Waals surface area contributed by atoms with E-state index in [1.807, 2.05) is 24.4 Å². The summed E-state index contributed by atoms with van der Waals surface area (Å²) in [5.74, 6) is 0.329. The molecular formula is C30H46N2O3. The first-order valence-electron chi connectivity index (χ1n) is 11.7. The first-order chi connectivity index (χ1) is 15.4. The number of nitrogens with zero attached hydrogens (tertiary/aromatic N) is 2. The Bertz CT molecular complexity index is 1010. The molecule has 0 aromatic carbocycles. The maximum absolute atomic E-state index is 11.2. The van der Waals surface area contributed by atoms with Gasteiger partial charge in [-0.2, -0.15) is 0 Å². The van der Waals surface area contributed by atoms with Gasteiger partial charge in [0.2, 0.25) is 0 Å². The Morgan fingerprint density at radius 2 is 1.34 bits per heavy atom. The van der Waals surface area contributed by atoms with E-state index in [9.17, 15) is 14.4 Å². The van der Waals surface area contributed by atoms with Crippen molar-refractivity contribution in [2.75, 3.05) is 6.54 Å². The molecule has 2 aliphatic rings. The quantitative estimate of drug-likeness (QED) is 0.428. The lowest BCUT2D eigenvalue weighted by molar-refractivity contribution is -0.114. The fourth-order valence-corrected chi connectivity index (χ4v) is 2.96. The summed E-state index contributed by atoms with van der Waals surface area (Å²) < 4.78 is 1.58. The number of carbonyl (C=O) groups is 2. The molecule has 1 aromatic rings. The number of dihydropyridines is 1. The number of hydrogen-bond donors (Lipinski definition) is 0. The van der Waals surface area contributed by atoms with Crippen molar-refractivity contribution in [1.82, 2.24) is 4.57 Å². The third-order valence-corrected chi connectivity index (χ3v) is 5.43. The average Bonchev–Trinajstić information content (AvgIpc) is 2.69. The summed E-state index contributed by atoms with van der Waals surface area (Å²) in [7, 11) is 1.76. The van der Waals surface area contributed by atoms with E-state index in [0.717, 1.165) is 16.7 Å². The monoisotopic (exact) mass is 482 g/mol. The lowest BCUT2D eigenvalue weighted by Crippen LogP contribution is -2.20. The second kappa shape index (κ2) is 12.8. The fraction of sp³-hybridized carbons (Fsp3) is 0.533. The van der Waals surface area contributed by atoms with Crippen molar-refractivity contribution in [3.05, 3.63) is 69.7 Å². The summed E-state index contributed by atoms with van der Waals surface area (Å²) in [5, 5.41) is 0. The van der Waals surface area contributed by atoms with Crippen LogP contribution in [0.2, 0.25) is 0 Å². The number of pyridine rings is 1. The van der Waals surface area contributed by atoms with Crippen molar-refractivity contribution >= 4 is 17.8 Å². The van der Waals surface area contributed by atoms with Crippen LogP contribution in [-0.4, -0.2) is 28.9 Å². The maximum atomic E-state index is 11.2. The van der Waals surface area contributed by atoms with E-state index in [2.05, 4.69) is 67.3 Å². The van der Waals surface area contributed by atoms with Gasteiger partial charge >= 0.3 is 0 Å². The Labute approximate surface area is 212 Å². The molecule has 0 amide bonds. The predicted molar refractivity (Wildman–Crippen MR) is 149 cm³/mol. The van der Waals surface area contributed by atoms with Crippen molar-refractivity contribution in [2.45, 2.75) is 81.6 Å². The molecule has 2 heterocycles. The third kappa shape index (κ3) is 11.4. The van der Waals surface area contributed by atoms with Gasteiger partial charge in [-0.05, 0) is 51.2 Å². The molecule has 3 rings (SSSR count). The largest absolute Gasteiger partial charge is 0.319 e. The van der Waals surface area contributed by atoms with Gasteiger partial charge in [0.15, 0.2) is 11.6 Å². The maximum Gasteiger partial charge on any atom is 0.250 e. The molecule has 0 unspecified atom stereocenters. The minimum absolute atomic E-state index is 0. The van der Waals surface area contributed by atoms with Crippen LogP contribution < -0.4 is 5.56 Å². The summed E-state index contributed by atoms with van der Waals surface area (Å²) in [6.45, 7) is 19.2. The van der Waals surface area contributed by atoms with E-state index < -0.39 is 0 Å². The topological polar surface area (TPSA) is 68.5 Å². The summed E-state index contributed by atoms with van der Waals surface area (Å²) in [6, 6.07) is 3.68. The predicted octanol–water partition coefficient (Wildman–Crippen LogP) is 6.42. The van der Waals surface area contributed by atoms with Gasteiger partial charge in [0, 0.05) is 31.9 Å². The molecule has 5 nitrogen and oxygen atoms in total. The number of hydrogen-bond acceptors (Lipinski definition) is 4. The molecule has 0 spiro atoms. The number of aliphatic imine (C=N–C) groups is 1. The second-order valence-corrected chi connectivity index (χ2v) is 11.8. The van der Waals surface area contributed by atoms with Crippen molar-refractivity contribution in [3.63, 3.8) is 0 Å². The minimum atomic E-state index is 0. The molecule has 0 atom stereocenters. The van der Waals surface area contributed by atoms with Crippen LogP contribution in [0.4, 0.5) is 0 Å². The number of rotatable bonds is 0. The zero-order valence-corrected chi connectivity index (χ0v) is 22.7. The van der Waals surface area contributed by atoms with Gasteiger partial charge in [0.25, 0.3) is 5.56 Å². The Morgan fingerprint density at radius 1 is 0.800 bits per heavy atom. The molecule has 35 heavy (non-hydrogen) atoms. The first kappa shape index (κ1) is 32.2. The second-order valence-electron chi connectivity index (χ2n) is 11.8. The van der Waals surface area contributed by atoms with Crippen molar-refractivity contribution in [2.24, 2.45) is 22.9 Å². The van der Waals surface area contributed by atoms with Gasteiger partial charge in [-0.1, -0.05) is 81.9 Å². The van der Waals surface area contributed by atoms with Crippen LogP contribution in [0.25, 0.3) is 0 Å². The van der Waals surface area contributed by atoms with Crippen LogP contribution in [0.5, 0.6) is 0 Å². The van der Waals surface area contributed by atoms with Gasteiger partial charge in [0.1, 0.15) is 6.54 Å². The van der Waals surface area contributed by atoms with Crippen molar-refractivity contribution in [1.29, 1.82) is 0 Å². The van der Waals surface area contributed by atoms with Gasteiger partial charge < -0.3 is 4.57 Å². The molecule has 0 fully saturated rings. The smallest absolute Gasteiger partial charge is 0.250 e. The van der Waals surface area contributed by atoms with Crippen molar-refractivity contribution in [3.8, 4) is 0 Å². The molecule has 1 aliphatic heterocycles. The summed E-state index contributed by atoms with van der Waals surface area (Å²) in [5.41, 5.74) is 3.51. The van der Waals surface area contributed by atoms with Crippen LogP contribution in [0, 0.1) is 10.8 Å². The van der Waals surface area contributed by atoms with E-state index >= 15 is 0 Å². The molecule has 1 aromatic heterocycles. The summed E-state index contributed by atoms with van der Waals surface area (Å²) in [4.78, 5) is 37.1. The summed E-state index contributed by atoms with van der Waals surface area (Å²) in [6.07, 6.45) is 11.6. The Hall–Kier alpha value is -2.82. The molecule has 194 valence electrons. The van der Waals surface area contributed by atoms with Gasteiger partial charge in [-0.3, -0.25) is 19.4 Å². The number of aryl methyl sites for hydroxylation is 1. The highest BCUT2D eigenvalue weighted by Gasteiger charge is 2.19. The fourth-order valence-electron chi connectivity index (χ4n) is 2.96. The molecule has 0 bridgehead atoms. The zero-order chi connectivity index (χ0) is 26.3. The van der Waals surface area contributed by atoms with Crippen LogP contribution in [-0.2, 0) is 22.1 Å². The van der Waals surface area contributed by atoms with Crippen LogP contribution >= 0.6 is 0 Å². The zero-order valence-electron chi connectivity index (χ0n) is 22.7. The van der Waals surface area contributed by atoms with Gasteiger partial charge in [-0.15, -0.1) is 0 Å². The van der Waals surface area contributed by atoms with Crippen LogP contribution in [0.3, 0.4) is 0 Å². The normalized spacial score (nSPS) is 15.6. The van der Waals surface area contributed by atoms with Crippen molar-refractivity contribution < 1.29 is 9.59 Å². The van der Waals surface area contributed by atoms with Gasteiger partial charge in [-0.25, -0.2) is 0 Å². The van der Waals surface area contributed by atoms with Crippen LogP contribution in [0.15, 0.2) is 63.6 Å². The third-order valence-electron chi connectivity index (χ3n) is 5.43. The van der Waals surface area contributed by atoms with E-state index in [0.29, 0.717) is 13.0 Å². The number of aromatic nitrogens is 1. The first-order valence-corrected chi connectivity index (χ1v) is 11.7. The van der Waals surface area contributed by atoms with E-state index in [1.54, 1.807) is 36.0 Å². The minimum Gasteiger partial charge on any atom is -0.319 e. The summed E-state index contributed by atoms with van der Waals surface area (Å²) >= 11 is 0. The molecule has 0 saturated carbocycles. The van der Waals surface area contributed by atoms with E-state index in [-0.39, 0.29) is 40.8 Å². The molecule has 0 saturated heterocycles. The van der Waals surface area contributed by atoms with Gasteiger partial charge in [0.05, 0.1) is 0 Å². The highest BCUT2D eigenvalue weighted by molar-refractivity contribution is 6.01. The Morgan fingerprint density at radius 3 is 1.71 bits per heavy atom. The van der Waals surface area contributed by atoms with E-state index in [1.165, 1.54) is 0 Å². The molecule has 5 heteroatoms. The Kier molecular flexibility index (Phi) is 11.7. The number of ketones is 2. The highest BCUT2D eigenvalue weighted by atomic mass is 16.1. The molecular weight excluding hydrogens is 436 g/mol.